The second-order valence-electron chi connectivity index (χ2n) is 4.65. The number of benzene rings is 1. The Balaban J connectivity index is 2.14. The minimum absolute atomic E-state index is 0.118. The molecular formula is C15H17BrN4O. The van der Waals surface area contributed by atoms with Crippen LogP contribution in [0.5, 0.6) is 0 Å². The van der Waals surface area contributed by atoms with Crippen LogP contribution in [0.25, 0.3) is 0 Å². The fourth-order valence-electron chi connectivity index (χ4n) is 1.63. The summed E-state index contributed by atoms with van der Waals surface area (Å²) in [6.07, 6.45) is 2.44. The Labute approximate surface area is 132 Å². The number of aromatic nitrogens is 2. The molecular weight excluding hydrogens is 332 g/mol. The first-order chi connectivity index (χ1) is 10.1. The third kappa shape index (κ3) is 4.26. The van der Waals surface area contributed by atoms with Gasteiger partial charge in [0.05, 0.1) is 5.69 Å². The number of nitrogens with one attached hydrogen (secondary N) is 2. The lowest BCUT2D eigenvalue weighted by Gasteiger charge is -2.11. The SMILES string of the molecule is CCC(C)NC(=O)c1ccnc(Nc2ccccc2Br)n1. The van der Waals surface area contributed by atoms with Gasteiger partial charge in [-0.2, -0.15) is 0 Å². The highest BCUT2D eigenvalue weighted by atomic mass is 79.9. The zero-order valence-corrected chi connectivity index (χ0v) is 13.5. The van der Waals surface area contributed by atoms with Crippen LogP contribution in [0.4, 0.5) is 11.6 Å². The predicted octanol–water partition coefficient (Wildman–Crippen LogP) is 3.51. The van der Waals surface area contributed by atoms with E-state index >= 15 is 0 Å². The van der Waals surface area contributed by atoms with Gasteiger partial charge in [-0.25, -0.2) is 9.97 Å². The van der Waals surface area contributed by atoms with Crippen molar-refractivity contribution in [1.29, 1.82) is 0 Å². The maximum absolute atomic E-state index is 12.0. The van der Waals surface area contributed by atoms with Crippen LogP contribution in [0.15, 0.2) is 41.0 Å². The van der Waals surface area contributed by atoms with E-state index in [1.165, 1.54) is 0 Å². The van der Waals surface area contributed by atoms with E-state index in [0.717, 1.165) is 16.6 Å². The van der Waals surface area contributed by atoms with Gasteiger partial charge in [0.1, 0.15) is 5.69 Å². The molecule has 1 atom stereocenters. The summed E-state index contributed by atoms with van der Waals surface area (Å²) in [5.41, 5.74) is 1.19. The number of anilines is 2. The molecule has 0 fully saturated rings. The Hall–Kier alpha value is -1.95. The predicted molar refractivity (Wildman–Crippen MR) is 86.7 cm³/mol. The third-order valence-corrected chi connectivity index (χ3v) is 3.69. The second-order valence-corrected chi connectivity index (χ2v) is 5.51. The van der Waals surface area contributed by atoms with E-state index in [-0.39, 0.29) is 11.9 Å². The van der Waals surface area contributed by atoms with Gasteiger partial charge in [-0.05, 0) is 47.5 Å². The van der Waals surface area contributed by atoms with Gasteiger partial charge in [0.25, 0.3) is 5.91 Å². The maximum atomic E-state index is 12.0. The van der Waals surface area contributed by atoms with E-state index in [2.05, 4.69) is 36.5 Å². The topological polar surface area (TPSA) is 66.9 Å². The molecule has 0 radical (unpaired) electrons. The number of halogens is 1. The molecule has 1 aromatic heterocycles. The molecule has 2 rings (SSSR count). The summed E-state index contributed by atoms with van der Waals surface area (Å²) in [4.78, 5) is 20.4. The molecule has 110 valence electrons. The van der Waals surface area contributed by atoms with Gasteiger partial charge in [0.15, 0.2) is 0 Å². The van der Waals surface area contributed by atoms with Gasteiger partial charge < -0.3 is 10.6 Å². The Kier molecular flexibility index (Phi) is 5.27. The lowest BCUT2D eigenvalue weighted by Crippen LogP contribution is -2.32. The lowest BCUT2D eigenvalue weighted by atomic mass is 10.2. The summed E-state index contributed by atoms with van der Waals surface area (Å²) in [6, 6.07) is 9.37. The first-order valence-electron chi connectivity index (χ1n) is 6.75. The molecule has 1 unspecified atom stereocenters. The zero-order valence-electron chi connectivity index (χ0n) is 11.9. The molecule has 0 saturated carbocycles. The van der Waals surface area contributed by atoms with Crippen molar-refractivity contribution >= 4 is 33.5 Å². The van der Waals surface area contributed by atoms with E-state index in [4.69, 9.17) is 0 Å². The summed E-state index contributed by atoms with van der Waals surface area (Å²) >= 11 is 3.45. The van der Waals surface area contributed by atoms with E-state index in [1.807, 2.05) is 38.1 Å². The van der Waals surface area contributed by atoms with Gasteiger partial charge in [0.2, 0.25) is 5.95 Å². The summed E-state index contributed by atoms with van der Waals surface area (Å²) in [5.74, 6) is 0.195. The standard InChI is InChI=1S/C15H17BrN4O/c1-3-10(2)18-14(21)13-8-9-17-15(20-13)19-12-7-5-4-6-11(12)16/h4-10H,3H2,1-2H3,(H,18,21)(H,17,19,20). The van der Waals surface area contributed by atoms with Gasteiger partial charge in [-0.15, -0.1) is 0 Å². The first kappa shape index (κ1) is 15.4. The molecule has 0 spiro atoms. The zero-order chi connectivity index (χ0) is 15.2. The van der Waals surface area contributed by atoms with Crippen LogP contribution in [0.3, 0.4) is 0 Å². The van der Waals surface area contributed by atoms with Crippen molar-refractivity contribution in [1.82, 2.24) is 15.3 Å². The maximum Gasteiger partial charge on any atom is 0.270 e. The highest BCUT2D eigenvalue weighted by Crippen LogP contribution is 2.23. The average molecular weight is 349 g/mol. The van der Waals surface area contributed by atoms with Gasteiger partial charge >= 0.3 is 0 Å². The monoisotopic (exact) mass is 348 g/mol. The molecule has 6 heteroatoms. The molecule has 5 nitrogen and oxygen atoms in total. The molecule has 2 N–H and O–H groups in total. The Morgan fingerprint density at radius 3 is 2.81 bits per heavy atom. The number of para-hydroxylation sites is 1. The normalized spacial score (nSPS) is 11.8. The Morgan fingerprint density at radius 1 is 1.33 bits per heavy atom. The van der Waals surface area contributed by atoms with Crippen LogP contribution in [0, 0.1) is 0 Å². The van der Waals surface area contributed by atoms with Crippen LogP contribution in [-0.2, 0) is 0 Å². The number of hydrogen-bond acceptors (Lipinski definition) is 4. The molecule has 1 amide bonds. The van der Waals surface area contributed by atoms with Crippen LogP contribution >= 0.6 is 15.9 Å². The Morgan fingerprint density at radius 2 is 2.10 bits per heavy atom. The third-order valence-electron chi connectivity index (χ3n) is 3.00. The first-order valence-corrected chi connectivity index (χ1v) is 7.55. The molecule has 1 aromatic carbocycles. The summed E-state index contributed by atoms with van der Waals surface area (Å²) in [5, 5.41) is 5.97. The number of carbonyl (C=O) groups excluding carboxylic acids is 1. The number of nitrogens with zero attached hydrogens (tertiary/aromatic N) is 2. The van der Waals surface area contributed by atoms with E-state index < -0.39 is 0 Å². The van der Waals surface area contributed by atoms with Crippen LogP contribution in [0.1, 0.15) is 30.8 Å². The molecule has 0 aliphatic carbocycles. The lowest BCUT2D eigenvalue weighted by molar-refractivity contribution is 0.0934. The number of carbonyl (C=O) groups is 1. The highest BCUT2D eigenvalue weighted by Gasteiger charge is 2.11. The van der Waals surface area contributed by atoms with E-state index in [9.17, 15) is 4.79 Å². The van der Waals surface area contributed by atoms with E-state index in [1.54, 1.807) is 12.3 Å². The molecule has 0 bridgehead atoms. The molecule has 21 heavy (non-hydrogen) atoms. The van der Waals surface area contributed by atoms with Gasteiger partial charge in [0, 0.05) is 16.7 Å². The average Bonchev–Trinajstić information content (AvgIpc) is 2.49. The van der Waals surface area contributed by atoms with Crippen molar-refractivity contribution in [2.75, 3.05) is 5.32 Å². The van der Waals surface area contributed by atoms with Crippen molar-refractivity contribution in [3.63, 3.8) is 0 Å². The van der Waals surface area contributed by atoms with Crippen molar-refractivity contribution in [3.8, 4) is 0 Å². The number of hydrogen-bond donors (Lipinski definition) is 2. The Bertz CT molecular complexity index is 633. The molecule has 0 aliphatic rings. The van der Waals surface area contributed by atoms with Gasteiger partial charge in [-0.1, -0.05) is 19.1 Å². The molecule has 2 aromatic rings. The second kappa shape index (κ2) is 7.17. The van der Waals surface area contributed by atoms with Crippen molar-refractivity contribution in [2.45, 2.75) is 26.3 Å². The largest absolute Gasteiger partial charge is 0.348 e. The summed E-state index contributed by atoms with van der Waals surface area (Å²) < 4.78 is 0.906. The van der Waals surface area contributed by atoms with Crippen LogP contribution in [-0.4, -0.2) is 21.9 Å². The van der Waals surface area contributed by atoms with Crippen molar-refractivity contribution in [2.24, 2.45) is 0 Å². The minimum Gasteiger partial charge on any atom is -0.348 e. The quantitative estimate of drug-likeness (QED) is 0.867. The molecule has 0 saturated heterocycles. The fourth-order valence-corrected chi connectivity index (χ4v) is 2.01. The molecule has 0 aliphatic heterocycles. The van der Waals surface area contributed by atoms with E-state index in [0.29, 0.717) is 11.6 Å². The van der Waals surface area contributed by atoms with Crippen molar-refractivity contribution < 1.29 is 4.79 Å². The minimum atomic E-state index is -0.193. The number of rotatable bonds is 5. The van der Waals surface area contributed by atoms with Crippen molar-refractivity contribution in [3.05, 3.63) is 46.7 Å². The summed E-state index contributed by atoms with van der Waals surface area (Å²) in [7, 11) is 0. The molecule has 1 heterocycles. The highest BCUT2D eigenvalue weighted by molar-refractivity contribution is 9.10. The van der Waals surface area contributed by atoms with Crippen LogP contribution < -0.4 is 10.6 Å². The fraction of sp³-hybridized carbons (Fsp3) is 0.267. The summed E-state index contributed by atoms with van der Waals surface area (Å²) in [6.45, 7) is 3.98. The van der Waals surface area contributed by atoms with Crippen LogP contribution in [0.2, 0.25) is 0 Å². The smallest absolute Gasteiger partial charge is 0.270 e. The van der Waals surface area contributed by atoms with Gasteiger partial charge in [-0.3, -0.25) is 4.79 Å². The number of amides is 1.